The molecule has 82 valence electrons. The molecule has 0 amide bonds. The van der Waals surface area contributed by atoms with E-state index in [1.807, 2.05) is 0 Å². The Labute approximate surface area is 86.2 Å². The second kappa shape index (κ2) is 6.82. The van der Waals surface area contributed by atoms with Crippen LogP contribution in [-0.2, 0) is 9.53 Å². The summed E-state index contributed by atoms with van der Waals surface area (Å²) in [5.41, 5.74) is 0. The molecule has 1 atom stereocenters. The van der Waals surface area contributed by atoms with Crippen LogP contribution in [0.15, 0.2) is 0 Å². The molecule has 0 aromatic rings. The lowest BCUT2D eigenvalue weighted by Gasteiger charge is -2.11. The molecule has 0 spiro atoms. The zero-order chi connectivity index (χ0) is 10.2. The molecule has 3 nitrogen and oxygen atoms in total. The van der Waals surface area contributed by atoms with Gasteiger partial charge in [-0.3, -0.25) is 10.1 Å². The van der Waals surface area contributed by atoms with Crippen molar-refractivity contribution in [3.63, 3.8) is 0 Å². The van der Waals surface area contributed by atoms with Crippen LogP contribution in [0.25, 0.3) is 0 Å². The Morgan fingerprint density at radius 3 is 2.93 bits per heavy atom. The van der Waals surface area contributed by atoms with Gasteiger partial charge in [0.2, 0.25) is 0 Å². The maximum absolute atomic E-state index is 11.3. The lowest BCUT2D eigenvalue weighted by Crippen LogP contribution is -2.27. The summed E-state index contributed by atoms with van der Waals surface area (Å²) in [4.78, 5) is 11.3. The van der Waals surface area contributed by atoms with Gasteiger partial charge >= 0.3 is 5.97 Å². The van der Waals surface area contributed by atoms with Crippen LogP contribution in [0, 0.1) is 0 Å². The van der Waals surface area contributed by atoms with Gasteiger partial charge < -0.3 is 4.74 Å². The van der Waals surface area contributed by atoms with Crippen LogP contribution in [0.5, 0.6) is 0 Å². The van der Waals surface area contributed by atoms with E-state index >= 15 is 0 Å². The van der Waals surface area contributed by atoms with Gasteiger partial charge in [0.25, 0.3) is 0 Å². The maximum Gasteiger partial charge on any atom is 0.307 e. The molecule has 0 saturated carbocycles. The van der Waals surface area contributed by atoms with Crippen molar-refractivity contribution in [1.82, 2.24) is 5.32 Å². The third-order valence-corrected chi connectivity index (χ3v) is 2.52. The Kier molecular flexibility index (Phi) is 5.60. The number of hydrogen-bond acceptors (Lipinski definition) is 3. The van der Waals surface area contributed by atoms with Gasteiger partial charge in [0.15, 0.2) is 6.23 Å². The largest absolute Gasteiger partial charge is 0.447 e. The van der Waals surface area contributed by atoms with Crippen LogP contribution in [0.3, 0.4) is 0 Å². The molecule has 1 aliphatic heterocycles. The second-order valence-electron chi connectivity index (χ2n) is 3.89. The fourth-order valence-electron chi connectivity index (χ4n) is 1.67. The summed E-state index contributed by atoms with van der Waals surface area (Å²) in [6.45, 7) is 3.15. The van der Waals surface area contributed by atoms with E-state index in [9.17, 15) is 4.79 Å². The molecule has 0 radical (unpaired) electrons. The van der Waals surface area contributed by atoms with Crippen molar-refractivity contribution in [2.75, 3.05) is 6.54 Å². The SMILES string of the molecule is CCCCCCC(=O)OC1CCCN1. The van der Waals surface area contributed by atoms with Crippen molar-refractivity contribution in [2.24, 2.45) is 0 Å². The average molecular weight is 199 g/mol. The monoisotopic (exact) mass is 199 g/mol. The summed E-state index contributed by atoms with van der Waals surface area (Å²) >= 11 is 0. The molecule has 0 bridgehead atoms. The third-order valence-electron chi connectivity index (χ3n) is 2.52. The van der Waals surface area contributed by atoms with E-state index in [0.717, 1.165) is 32.2 Å². The van der Waals surface area contributed by atoms with Crippen LogP contribution in [0.1, 0.15) is 51.9 Å². The summed E-state index contributed by atoms with van der Waals surface area (Å²) < 4.78 is 5.24. The number of ether oxygens (including phenoxy) is 1. The molecule has 1 rings (SSSR count). The smallest absolute Gasteiger partial charge is 0.307 e. The number of esters is 1. The first-order chi connectivity index (χ1) is 6.83. The number of nitrogens with one attached hydrogen (secondary N) is 1. The molecule has 1 unspecified atom stereocenters. The minimum Gasteiger partial charge on any atom is -0.447 e. The van der Waals surface area contributed by atoms with Crippen molar-refractivity contribution >= 4 is 5.97 Å². The molecule has 3 heteroatoms. The third kappa shape index (κ3) is 4.61. The van der Waals surface area contributed by atoms with E-state index in [1.54, 1.807) is 0 Å². The van der Waals surface area contributed by atoms with Gasteiger partial charge in [-0.1, -0.05) is 26.2 Å². The molecular weight excluding hydrogens is 178 g/mol. The quantitative estimate of drug-likeness (QED) is 0.526. The van der Waals surface area contributed by atoms with Crippen LogP contribution >= 0.6 is 0 Å². The average Bonchev–Trinajstić information content (AvgIpc) is 2.65. The Bertz CT molecular complexity index is 165. The number of unbranched alkanes of at least 4 members (excludes halogenated alkanes) is 3. The molecule has 14 heavy (non-hydrogen) atoms. The fraction of sp³-hybridized carbons (Fsp3) is 0.909. The summed E-state index contributed by atoms with van der Waals surface area (Å²) in [6.07, 6.45) is 7.21. The van der Waals surface area contributed by atoms with Gasteiger partial charge in [-0.2, -0.15) is 0 Å². The summed E-state index contributed by atoms with van der Waals surface area (Å²) in [6, 6.07) is 0. The van der Waals surface area contributed by atoms with Crippen LogP contribution in [-0.4, -0.2) is 18.7 Å². The predicted octanol–water partition coefficient (Wildman–Crippen LogP) is 2.21. The predicted molar refractivity (Wildman–Crippen MR) is 55.9 cm³/mol. The standard InChI is InChI=1S/C11H21NO2/c1-2-3-4-5-8-11(13)14-10-7-6-9-12-10/h10,12H,2-9H2,1H3. The molecule has 1 N–H and O–H groups in total. The first-order valence-corrected chi connectivity index (χ1v) is 5.76. The zero-order valence-electron chi connectivity index (χ0n) is 9.05. The highest BCUT2D eigenvalue weighted by molar-refractivity contribution is 5.69. The van der Waals surface area contributed by atoms with Crippen molar-refractivity contribution in [2.45, 2.75) is 58.1 Å². The van der Waals surface area contributed by atoms with Crippen molar-refractivity contribution in [1.29, 1.82) is 0 Å². The molecule has 1 aliphatic rings. The van der Waals surface area contributed by atoms with Crippen LogP contribution in [0.2, 0.25) is 0 Å². The fourth-order valence-corrected chi connectivity index (χ4v) is 1.67. The van der Waals surface area contributed by atoms with E-state index in [4.69, 9.17) is 4.74 Å². The lowest BCUT2D eigenvalue weighted by molar-refractivity contribution is -0.149. The minimum atomic E-state index is -0.0412. The number of carbonyl (C=O) groups excluding carboxylic acids is 1. The highest BCUT2D eigenvalue weighted by Crippen LogP contribution is 2.09. The van der Waals surface area contributed by atoms with Crippen LogP contribution < -0.4 is 5.32 Å². The number of carbonyl (C=O) groups is 1. The molecule has 1 saturated heterocycles. The Hall–Kier alpha value is -0.570. The van der Waals surface area contributed by atoms with Gasteiger partial charge in [0.05, 0.1) is 0 Å². The molecule has 1 heterocycles. The van der Waals surface area contributed by atoms with E-state index in [0.29, 0.717) is 6.42 Å². The Morgan fingerprint density at radius 1 is 1.43 bits per heavy atom. The Balaban J connectivity index is 1.98. The van der Waals surface area contributed by atoms with Crippen molar-refractivity contribution in [3.8, 4) is 0 Å². The number of rotatable bonds is 6. The highest BCUT2D eigenvalue weighted by atomic mass is 16.6. The molecular formula is C11H21NO2. The van der Waals surface area contributed by atoms with E-state index in [2.05, 4.69) is 12.2 Å². The second-order valence-corrected chi connectivity index (χ2v) is 3.89. The maximum atomic E-state index is 11.3. The summed E-state index contributed by atoms with van der Waals surface area (Å²) in [5.74, 6) is -0.0412. The van der Waals surface area contributed by atoms with Crippen molar-refractivity contribution < 1.29 is 9.53 Å². The molecule has 0 aromatic carbocycles. The van der Waals surface area contributed by atoms with E-state index < -0.39 is 0 Å². The molecule has 1 fully saturated rings. The minimum absolute atomic E-state index is 0.00586. The van der Waals surface area contributed by atoms with Gasteiger partial charge in [-0.25, -0.2) is 0 Å². The first-order valence-electron chi connectivity index (χ1n) is 5.76. The van der Waals surface area contributed by atoms with Gasteiger partial charge in [0.1, 0.15) is 0 Å². The van der Waals surface area contributed by atoms with Gasteiger partial charge in [-0.15, -0.1) is 0 Å². The molecule has 0 aromatic heterocycles. The molecule has 0 aliphatic carbocycles. The van der Waals surface area contributed by atoms with Crippen LogP contribution in [0.4, 0.5) is 0 Å². The van der Waals surface area contributed by atoms with Gasteiger partial charge in [-0.05, 0) is 25.8 Å². The van der Waals surface area contributed by atoms with Gasteiger partial charge in [0, 0.05) is 6.42 Å². The summed E-state index contributed by atoms with van der Waals surface area (Å²) in [7, 11) is 0. The first kappa shape index (κ1) is 11.5. The number of hydrogen-bond donors (Lipinski definition) is 1. The topological polar surface area (TPSA) is 38.3 Å². The highest BCUT2D eigenvalue weighted by Gasteiger charge is 2.17. The van der Waals surface area contributed by atoms with E-state index in [-0.39, 0.29) is 12.2 Å². The Morgan fingerprint density at radius 2 is 2.29 bits per heavy atom. The zero-order valence-corrected chi connectivity index (χ0v) is 9.05. The summed E-state index contributed by atoms with van der Waals surface area (Å²) in [5, 5.41) is 3.15. The van der Waals surface area contributed by atoms with Crippen molar-refractivity contribution in [3.05, 3.63) is 0 Å². The van der Waals surface area contributed by atoms with E-state index in [1.165, 1.54) is 12.8 Å². The normalized spacial score (nSPS) is 21.1. The lowest BCUT2D eigenvalue weighted by atomic mass is 10.1.